The first-order chi connectivity index (χ1) is 9.59. The van der Waals surface area contributed by atoms with Gasteiger partial charge in [-0.25, -0.2) is 0 Å². The van der Waals surface area contributed by atoms with E-state index in [1.165, 1.54) is 0 Å². The maximum atomic E-state index is 11.8. The van der Waals surface area contributed by atoms with Crippen molar-refractivity contribution in [1.82, 2.24) is 0 Å². The normalized spacial score (nSPS) is 15.8. The van der Waals surface area contributed by atoms with Crippen LogP contribution in [0.1, 0.15) is 16.7 Å². The van der Waals surface area contributed by atoms with Crippen LogP contribution < -0.4 is 0 Å². The van der Waals surface area contributed by atoms with Crippen LogP contribution >= 0.6 is 0 Å². The van der Waals surface area contributed by atoms with Gasteiger partial charge in [0.15, 0.2) is 0 Å². The predicted octanol–water partition coefficient (Wildman–Crippen LogP) is 2.80. The molecule has 3 rings (SSSR count). The number of carboxylic acids is 1. The van der Waals surface area contributed by atoms with Crippen molar-refractivity contribution in [3.63, 3.8) is 0 Å². The number of hydrogen-bond acceptors (Lipinski definition) is 2. The monoisotopic (exact) mass is 268 g/mol. The Hall–Kier alpha value is -2.29. The lowest BCUT2D eigenvalue weighted by Crippen LogP contribution is -2.34. The molecule has 3 nitrogen and oxygen atoms in total. The Kier molecular flexibility index (Phi) is 2.97. The largest absolute Gasteiger partial charge is 0.508 e. The number of phenolic OH excluding ortho intramolecular Hbond substituents is 1. The van der Waals surface area contributed by atoms with Gasteiger partial charge in [0, 0.05) is 0 Å². The third-order valence-electron chi connectivity index (χ3n) is 4.11. The predicted molar refractivity (Wildman–Crippen MR) is 75.7 cm³/mol. The lowest BCUT2D eigenvalue weighted by atomic mass is 9.79. The quantitative estimate of drug-likeness (QED) is 0.900. The maximum Gasteiger partial charge on any atom is 0.310 e. The molecule has 0 atom stereocenters. The fraction of sp³-hybridized carbons (Fsp3) is 0.235. The molecule has 0 radical (unpaired) electrons. The summed E-state index contributed by atoms with van der Waals surface area (Å²) in [6, 6.07) is 14.7. The van der Waals surface area contributed by atoms with Crippen molar-refractivity contribution in [2.75, 3.05) is 0 Å². The molecule has 0 bridgehead atoms. The van der Waals surface area contributed by atoms with E-state index in [9.17, 15) is 15.0 Å². The number of rotatable bonds is 3. The fourth-order valence-electron chi connectivity index (χ4n) is 3.05. The smallest absolute Gasteiger partial charge is 0.310 e. The van der Waals surface area contributed by atoms with Gasteiger partial charge in [0.25, 0.3) is 0 Å². The van der Waals surface area contributed by atoms with Gasteiger partial charge in [0.1, 0.15) is 5.75 Å². The van der Waals surface area contributed by atoms with Gasteiger partial charge in [-0.15, -0.1) is 0 Å². The average molecular weight is 268 g/mol. The van der Waals surface area contributed by atoms with Gasteiger partial charge in [-0.2, -0.15) is 0 Å². The summed E-state index contributed by atoms with van der Waals surface area (Å²) in [6.07, 6.45) is 1.62. The molecule has 0 saturated heterocycles. The Morgan fingerprint density at radius 2 is 1.55 bits per heavy atom. The van der Waals surface area contributed by atoms with Crippen molar-refractivity contribution >= 4 is 5.97 Å². The lowest BCUT2D eigenvalue weighted by molar-refractivity contribution is -0.148. The highest BCUT2D eigenvalue weighted by atomic mass is 16.4. The van der Waals surface area contributed by atoms with Crippen molar-refractivity contribution in [3.8, 4) is 5.75 Å². The molecule has 102 valence electrons. The fourth-order valence-corrected chi connectivity index (χ4v) is 3.05. The first kappa shape index (κ1) is 12.7. The maximum absolute atomic E-state index is 11.8. The van der Waals surface area contributed by atoms with Gasteiger partial charge in [-0.3, -0.25) is 4.79 Å². The van der Waals surface area contributed by atoms with E-state index in [0.29, 0.717) is 19.3 Å². The summed E-state index contributed by atoms with van der Waals surface area (Å²) in [4.78, 5) is 11.8. The van der Waals surface area contributed by atoms with E-state index >= 15 is 0 Å². The molecule has 1 aliphatic rings. The van der Waals surface area contributed by atoms with Crippen LogP contribution in [0.3, 0.4) is 0 Å². The molecule has 20 heavy (non-hydrogen) atoms. The zero-order chi connectivity index (χ0) is 14.2. The molecule has 0 unspecified atom stereocenters. The average Bonchev–Trinajstić information content (AvgIpc) is 2.81. The van der Waals surface area contributed by atoms with E-state index in [0.717, 1.165) is 16.7 Å². The Bertz CT molecular complexity index is 619. The number of phenols is 1. The number of carbonyl (C=O) groups is 1. The number of fused-ring (bicyclic) bond motifs is 1. The molecule has 0 heterocycles. The second-order valence-electron chi connectivity index (χ2n) is 5.55. The molecule has 2 aromatic rings. The molecule has 3 heteroatoms. The van der Waals surface area contributed by atoms with E-state index < -0.39 is 11.4 Å². The van der Waals surface area contributed by atoms with Gasteiger partial charge in [-0.05, 0) is 48.1 Å². The minimum atomic E-state index is -0.763. The van der Waals surface area contributed by atoms with Crippen LogP contribution in [0, 0.1) is 5.41 Å². The van der Waals surface area contributed by atoms with E-state index in [2.05, 4.69) is 0 Å². The van der Waals surface area contributed by atoms with Gasteiger partial charge in [-0.1, -0.05) is 36.4 Å². The van der Waals surface area contributed by atoms with Crippen LogP contribution in [0.15, 0.2) is 48.5 Å². The molecular formula is C17H16O3. The molecule has 0 aliphatic heterocycles. The zero-order valence-electron chi connectivity index (χ0n) is 11.0. The van der Waals surface area contributed by atoms with Crippen LogP contribution in [0.5, 0.6) is 5.75 Å². The van der Waals surface area contributed by atoms with Gasteiger partial charge in [0.2, 0.25) is 0 Å². The summed E-state index contributed by atoms with van der Waals surface area (Å²) in [5.41, 5.74) is 2.45. The van der Waals surface area contributed by atoms with Crippen LogP contribution in [0.25, 0.3) is 0 Å². The Morgan fingerprint density at radius 1 is 1.00 bits per heavy atom. The van der Waals surface area contributed by atoms with Gasteiger partial charge < -0.3 is 10.2 Å². The summed E-state index contributed by atoms with van der Waals surface area (Å²) in [5.74, 6) is -0.547. The summed E-state index contributed by atoms with van der Waals surface area (Å²) in [5, 5.41) is 19.0. The third kappa shape index (κ3) is 2.16. The standard InChI is InChI=1S/C17H16O3/c18-15-7-5-12(6-8-15)9-17(16(19)20)10-13-3-1-2-4-14(13)11-17/h1-8,18H,9-11H2,(H,19,20). The number of carboxylic acid groups (broad SMARTS) is 1. The molecule has 1 aliphatic carbocycles. The molecular weight excluding hydrogens is 252 g/mol. The molecule has 0 saturated carbocycles. The summed E-state index contributed by atoms with van der Waals surface area (Å²) < 4.78 is 0. The summed E-state index contributed by atoms with van der Waals surface area (Å²) in [7, 11) is 0. The van der Waals surface area contributed by atoms with Crippen LogP contribution in [0.2, 0.25) is 0 Å². The number of hydrogen-bond donors (Lipinski definition) is 2. The number of aliphatic carboxylic acids is 1. The van der Waals surface area contributed by atoms with Crippen LogP contribution in [-0.4, -0.2) is 16.2 Å². The minimum absolute atomic E-state index is 0.202. The Balaban J connectivity index is 1.92. The lowest BCUT2D eigenvalue weighted by Gasteiger charge is -2.24. The molecule has 0 amide bonds. The molecule has 0 fully saturated rings. The van der Waals surface area contributed by atoms with Gasteiger partial charge >= 0.3 is 5.97 Å². The summed E-state index contributed by atoms with van der Waals surface area (Å²) in [6.45, 7) is 0. The second kappa shape index (κ2) is 4.67. The van der Waals surface area contributed by atoms with E-state index in [4.69, 9.17) is 0 Å². The molecule has 0 aromatic heterocycles. The van der Waals surface area contributed by atoms with E-state index in [1.807, 2.05) is 24.3 Å². The molecule has 2 aromatic carbocycles. The topological polar surface area (TPSA) is 57.5 Å². The number of aromatic hydroxyl groups is 1. The molecule has 0 spiro atoms. The van der Waals surface area contributed by atoms with Crippen molar-refractivity contribution in [2.24, 2.45) is 5.41 Å². The van der Waals surface area contributed by atoms with Gasteiger partial charge in [0.05, 0.1) is 5.41 Å². The first-order valence-corrected chi connectivity index (χ1v) is 6.67. The minimum Gasteiger partial charge on any atom is -0.508 e. The van der Waals surface area contributed by atoms with E-state index in [-0.39, 0.29) is 5.75 Å². The van der Waals surface area contributed by atoms with Crippen molar-refractivity contribution in [2.45, 2.75) is 19.3 Å². The summed E-state index contributed by atoms with van der Waals surface area (Å²) >= 11 is 0. The first-order valence-electron chi connectivity index (χ1n) is 6.67. The highest BCUT2D eigenvalue weighted by Gasteiger charge is 2.43. The van der Waals surface area contributed by atoms with Crippen molar-refractivity contribution in [1.29, 1.82) is 0 Å². The highest BCUT2D eigenvalue weighted by Crippen LogP contribution is 2.40. The second-order valence-corrected chi connectivity index (χ2v) is 5.55. The van der Waals surface area contributed by atoms with Crippen molar-refractivity contribution < 1.29 is 15.0 Å². The molecule has 2 N–H and O–H groups in total. The van der Waals surface area contributed by atoms with Crippen LogP contribution in [0.4, 0.5) is 0 Å². The van der Waals surface area contributed by atoms with E-state index in [1.54, 1.807) is 24.3 Å². The van der Waals surface area contributed by atoms with Crippen LogP contribution in [-0.2, 0) is 24.1 Å². The zero-order valence-corrected chi connectivity index (χ0v) is 11.0. The Morgan fingerprint density at radius 3 is 2.05 bits per heavy atom. The third-order valence-corrected chi connectivity index (χ3v) is 4.11. The highest BCUT2D eigenvalue weighted by molar-refractivity contribution is 5.77. The SMILES string of the molecule is O=C(O)C1(Cc2ccc(O)cc2)Cc2ccccc2C1. The number of benzene rings is 2. The van der Waals surface area contributed by atoms with Crippen molar-refractivity contribution in [3.05, 3.63) is 65.2 Å². The Labute approximate surface area is 117 Å².